The highest BCUT2D eigenvalue weighted by molar-refractivity contribution is 6.17. The lowest BCUT2D eigenvalue weighted by molar-refractivity contribution is -0.660. The second kappa shape index (κ2) is 7.91. The Morgan fingerprint density at radius 2 is 1.83 bits per heavy atom. The van der Waals surface area contributed by atoms with Crippen LogP contribution in [0.3, 0.4) is 0 Å². The van der Waals surface area contributed by atoms with Gasteiger partial charge in [0.1, 0.15) is 7.05 Å². The minimum absolute atomic E-state index is 0.0589. The lowest BCUT2D eigenvalue weighted by Crippen LogP contribution is -2.32. The van der Waals surface area contributed by atoms with E-state index in [0.29, 0.717) is 38.5 Å². The molecule has 0 N–H and O–H groups in total. The Morgan fingerprint density at radius 1 is 1.00 bits per heavy atom. The van der Waals surface area contributed by atoms with E-state index in [1.807, 2.05) is 49.4 Å². The summed E-state index contributed by atoms with van der Waals surface area (Å²) in [5.74, 6) is -0.495. The van der Waals surface area contributed by atoms with Crippen molar-refractivity contribution in [3.63, 3.8) is 0 Å². The predicted octanol–water partition coefficient (Wildman–Crippen LogP) is 7.90. The molecule has 0 saturated carbocycles. The Kier molecular flexibility index (Phi) is 3.31. The van der Waals surface area contributed by atoms with Crippen molar-refractivity contribution in [3.05, 3.63) is 83.0 Å². The van der Waals surface area contributed by atoms with Gasteiger partial charge in [0, 0.05) is 38.8 Å². The largest absolute Gasteiger partial charge is 0.437 e. The molecular formula is C32H31N2O+. The Hall–Kier alpha value is -3.72. The highest BCUT2D eigenvalue weighted by atomic mass is 16.3. The van der Waals surface area contributed by atoms with Crippen molar-refractivity contribution in [3.8, 4) is 11.3 Å². The molecule has 0 radical (unpaired) electrons. The lowest BCUT2D eigenvalue weighted by atomic mass is 9.94. The van der Waals surface area contributed by atoms with Gasteiger partial charge in [0.25, 0.3) is 0 Å². The van der Waals surface area contributed by atoms with Crippen LogP contribution in [0.15, 0.2) is 65.2 Å². The van der Waals surface area contributed by atoms with Crippen LogP contribution in [-0.2, 0) is 13.4 Å². The fraction of sp³-hybridized carbons (Fsp3) is 0.250. The molecule has 0 saturated heterocycles. The van der Waals surface area contributed by atoms with E-state index in [1.165, 1.54) is 6.20 Å². The molecule has 174 valence electrons. The van der Waals surface area contributed by atoms with Crippen LogP contribution in [0.1, 0.15) is 47.1 Å². The molecule has 0 aliphatic rings. The molecule has 3 heteroatoms. The summed E-state index contributed by atoms with van der Waals surface area (Å²) < 4.78 is 75.8. The molecule has 0 fully saturated rings. The Morgan fingerprint density at radius 3 is 2.63 bits per heavy atom. The standard InChI is InChI=1S/C32H31N2O/c1-18(2)15-23-16-27(34(6)17-20(23)4)28-19(3)11-13-26-29-21(5)24-14-12-22-9-7-8-10-25(22)30(24)33-32(29)35-31(26)28/h7-14,16-18H,15H2,1-6H3/q+1/i4D3,5D3,15D2. The van der Waals surface area contributed by atoms with Crippen molar-refractivity contribution in [2.45, 2.75) is 40.8 Å². The summed E-state index contributed by atoms with van der Waals surface area (Å²) in [5, 5.41) is 3.24. The number of furan rings is 1. The average molecular weight is 468 g/mol. The van der Waals surface area contributed by atoms with E-state index >= 15 is 0 Å². The molecule has 3 heterocycles. The monoisotopic (exact) mass is 467 g/mol. The summed E-state index contributed by atoms with van der Waals surface area (Å²) in [6.45, 7) is 0.319. The third kappa shape index (κ3) is 3.33. The summed E-state index contributed by atoms with van der Waals surface area (Å²) in [6.07, 6.45) is -0.470. The summed E-state index contributed by atoms with van der Waals surface area (Å²) in [7, 11) is 1.72. The summed E-state index contributed by atoms with van der Waals surface area (Å²) in [4.78, 5) is 4.87. The maximum absolute atomic E-state index is 8.83. The first kappa shape index (κ1) is 14.6. The number of hydrogen-bond donors (Lipinski definition) is 0. The molecule has 0 aliphatic heterocycles. The van der Waals surface area contributed by atoms with Crippen molar-refractivity contribution in [2.24, 2.45) is 13.0 Å². The zero-order valence-electron chi connectivity index (χ0n) is 28.2. The fourth-order valence-corrected chi connectivity index (χ4v) is 5.03. The molecule has 35 heavy (non-hydrogen) atoms. The minimum Gasteiger partial charge on any atom is -0.437 e. The van der Waals surface area contributed by atoms with Gasteiger partial charge in [0.15, 0.2) is 11.8 Å². The van der Waals surface area contributed by atoms with Gasteiger partial charge in [-0.1, -0.05) is 62.4 Å². The van der Waals surface area contributed by atoms with Crippen LogP contribution in [0.5, 0.6) is 0 Å². The van der Waals surface area contributed by atoms with Crippen LogP contribution in [0.4, 0.5) is 0 Å². The molecule has 0 unspecified atom stereocenters. The van der Waals surface area contributed by atoms with E-state index in [9.17, 15) is 0 Å². The van der Waals surface area contributed by atoms with Gasteiger partial charge in [-0.3, -0.25) is 0 Å². The topological polar surface area (TPSA) is 29.9 Å². The van der Waals surface area contributed by atoms with Crippen molar-refractivity contribution < 1.29 is 20.0 Å². The molecule has 0 amide bonds. The molecule has 6 rings (SSSR count). The number of benzene rings is 3. The van der Waals surface area contributed by atoms with Crippen LogP contribution < -0.4 is 4.57 Å². The SMILES string of the molecule is [2H]C([2H])([2H])c1c[n+](C)c(-c2c(C)ccc3c2oc2nc4c(ccc5ccccc54)c(C([2H])([2H])[2H])c23)cc1C([2H])([2H])C(C)C. The molecule has 0 bridgehead atoms. The lowest BCUT2D eigenvalue weighted by Gasteiger charge is -2.11. The third-order valence-corrected chi connectivity index (χ3v) is 6.66. The van der Waals surface area contributed by atoms with Crippen molar-refractivity contribution in [2.75, 3.05) is 0 Å². The second-order valence-electron chi connectivity index (χ2n) is 9.48. The molecule has 3 aromatic carbocycles. The van der Waals surface area contributed by atoms with Gasteiger partial charge in [-0.05, 0) is 55.0 Å². The number of aryl methyl sites for hydroxylation is 4. The van der Waals surface area contributed by atoms with Gasteiger partial charge in [-0.25, -0.2) is 9.55 Å². The van der Waals surface area contributed by atoms with Crippen LogP contribution in [0.25, 0.3) is 55.0 Å². The van der Waals surface area contributed by atoms with Crippen LogP contribution in [-0.4, -0.2) is 4.98 Å². The van der Waals surface area contributed by atoms with Crippen LogP contribution in [0, 0.1) is 26.5 Å². The van der Waals surface area contributed by atoms with E-state index < -0.39 is 26.0 Å². The van der Waals surface area contributed by atoms with E-state index in [1.54, 1.807) is 37.6 Å². The first-order valence-corrected chi connectivity index (χ1v) is 11.7. The van der Waals surface area contributed by atoms with E-state index in [4.69, 9.17) is 20.4 Å². The maximum atomic E-state index is 8.83. The Bertz CT molecular complexity index is 2090. The van der Waals surface area contributed by atoms with Gasteiger partial charge in [-0.15, -0.1) is 0 Å². The smallest absolute Gasteiger partial charge is 0.228 e. The van der Waals surface area contributed by atoms with Crippen molar-refractivity contribution >= 4 is 43.7 Å². The molecule has 0 spiro atoms. The third-order valence-electron chi connectivity index (χ3n) is 6.66. The number of aromatic nitrogens is 2. The Balaban J connectivity index is 1.77. The highest BCUT2D eigenvalue weighted by Crippen LogP contribution is 2.40. The number of nitrogens with zero attached hydrogens (tertiary/aromatic N) is 2. The molecular weight excluding hydrogens is 428 g/mol. The average Bonchev–Trinajstić information content (AvgIpc) is 3.28. The minimum atomic E-state index is -2.53. The zero-order valence-corrected chi connectivity index (χ0v) is 20.2. The summed E-state index contributed by atoms with van der Waals surface area (Å²) >= 11 is 0. The van der Waals surface area contributed by atoms with E-state index in [0.717, 1.165) is 16.3 Å². The predicted molar refractivity (Wildman–Crippen MR) is 146 cm³/mol. The number of rotatable bonds is 3. The van der Waals surface area contributed by atoms with E-state index in [-0.39, 0.29) is 22.4 Å². The van der Waals surface area contributed by atoms with Gasteiger partial charge >= 0.3 is 0 Å². The fourth-order valence-electron chi connectivity index (χ4n) is 5.03. The number of hydrogen-bond acceptors (Lipinski definition) is 2. The number of fused-ring (bicyclic) bond motifs is 6. The van der Waals surface area contributed by atoms with Gasteiger partial charge < -0.3 is 4.42 Å². The van der Waals surface area contributed by atoms with Gasteiger partial charge in [0.2, 0.25) is 11.4 Å². The van der Waals surface area contributed by atoms with Crippen LogP contribution >= 0.6 is 0 Å². The molecule has 0 aliphatic carbocycles. The summed E-state index contributed by atoms with van der Waals surface area (Å²) in [6, 6.07) is 16.7. The quantitative estimate of drug-likeness (QED) is 0.195. The normalized spacial score (nSPS) is 16.6. The molecule has 0 atom stereocenters. The van der Waals surface area contributed by atoms with Crippen molar-refractivity contribution in [1.82, 2.24) is 4.98 Å². The second-order valence-corrected chi connectivity index (χ2v) is 9.48. The maximum Gasteiger partial charge on any atom is 0.228 e. The van der Waals surface area contributed by atoms with Gasteiger partial charge in [0.05, 0.1) is 16.5 Å². The Labute approximate surface area is 217 Å². The molecule has 3 aromatic heterocycles. The first-order valence-electron chi connectivity index (χ1n) is 15.7. The molecule has 3 nitrogen and oxygen atoms in total. The van der Waals surface area contributed by atoms with Crippen LogP contribution in [0.2, 0.25) is 0 Å². The number of pyridine rings is 2. The van der Waals surface area contributed by atoms with Gasteiger partial charge in [-0.2, -0.15) is 0 Å². The summed E-state index contributed by atoms with van der Waals surface area (Å²) in [5.41, 5.74) is 3.27. The zero-order chi connectivity index (χ0) is 31.2. The highest BCUT2D eigenvalue weighted by Gasteiger charge is 2.24. The van der Waals surface area contributed by atoms with Crippen molar-refractivity contribution in [1.29, 1.82) is 0 Å². The van der Waals surface area contributed by atoms with E-state index in [2.05, 4.69) is 0 Å². The first-order chi connectivity index (χ1) is 20.0. The molecule has 6 aromatic rings.